The van der Waals surface area contributed by atoms with Gasteiger partial charge in [-0.1, -0.05) is 35.4 Å². The average molecular weight is 928 g/mol. The fraction of sp³-hybridized carbons (Fsp3) is 0.396. The normalized spacial score (nSPS) is 12.1. The number of hydrogen-bond acceptors (Lipinski definition) is 15. The van der Waals surface area contributed by atoms with Gasteiger partial charge in [-0.3, -0.25) is 19.2 Å². The standard InChI is InChI=1S/C48H57N5O12S/c1-2-11-38-36-13-8-14-40(54)37(36)20-22-43(38)62-28-7-3-6-27-61-41-15-9-16-42(39(41)21-24-47(56)57)63-29-10-18-46(55)49-25-30-60-31-26-50-48(58)35-19-23-45(51-32-35)53-52-33-34-12-4-5-17-44(34)66-65-64-59/h2,4-5,9,12,15-17,19-20,22-23,32,59H,1,3,6-8,10-11,13-14,18,21,24-31,33H2,(H,49,55)(H,50,58)(H,56,57). The summed E-state index contributed by atoms with van der Waals surface area (Å²) in [6.45, 7) is 6.39. The van der Waals surface area contributed by atoms with Crippen molar-refractivity contribution in [2.45, 2.75) is 82.1 Å². The van der Waals surface area contributed by atoms with Crippen molar-refractivity contribution in [3.8, 4) is 17.2 Å². The third-order valence-corrected chi connectivity index (χ3v) is 11.0. The van der Waals surface area contributed by atoms with Crippen molar-refractivity contribution in [1.29, 1.82) is 0 Å². The van der Waals surface area contributed by atoms with E-state index in [1.165, 1.54) is 6.20 Å². The molecule has 18 heteroatoms. The van der Waals surface area contributed by atoms with Crippen molar-refractivity contribution in [1.82, 2.24) is 15.6 Å². The number of carboxylic acid groups (broad SMARTS) is 1. The number of rotatable bonds is 31. The first-order chi connectivity index (χ1) is 32.3. The molecule has 0 bridgehead atoms. The number of hydrogen-bond donors (Lipinski definition) is 4. The number of ether oxygens (including phenoxy) is 4. The Balaban J connectivity index is 0.927. The second-order valence-electron chi connectivity index (χ2n) is 15.0. The van der Waals surface area contributed by atoms with E-state index in [-0.39, 0.29) is 69.8 Å². The van der Waals surface area contributed by atoms with Crippen molar-refractivity contribution >= 4 is 41.4 Å². The molecule has 0 fully saturated rings. The molecule has 66 heavy (non-hydrogen) atoms. The summed E-state index contributed by atoms with van der Waals surface area (Å²) in [6.07, 6.45) is 9.46. The van der Waals surface area contributed by atoms with Gasteiger partial charge < -0.3 is 34.7 Å². The molecule has 17 nitrogen and oxygen atoms in total. The van der Waals surface area contributed by atoms with Crippen LogP contribution in [0.15, 0.2) is 101 Å². The summed E-state index contributed by atoms with van der Waals surface area (Å²) in [5, 5.41) is 35.2. The lowest BCUT2D eigenvalue weighted by molar-refractivity contribution is -0.432. The zero-order valence-electron chi connectivity index (χ0n) is 36.9. The highest BCUT2D eigenvalue weighted by atomic mass is 32.2. The Kier molecular flexibility index (Phi) is 22.1. The SMILES string of the molecule is C=CCc1c(OCCCCCOc2cccc(OCCCC(=O)NCCOCCNC(=O)c3ccc(N=NCc4ccccc4SOOO)nc3)c2CCC(=O)O)ccc2c1CCCC2=O. The van der Waals surface area contributed by atoms with E-state index in [0.29, 0.717) is 72.4 Å². The molecule has 2 amide bonds. The minimum absolute atomic E-state index is 0.0882. The van der Waals surface area contributed by atoms with E-state index < -0.39 is 5.97 Å². The van der Waals surface area contributed by atoms with Crippen LogP contribution in [0.4, 0.5) is 5.82 Å². The van der Waals surface area contributed by atoms with Crippen LogP contribution in [0.3, 0.4) is 0 Å². The lowest BCUT2D eigenvalue weighted by atomic mass is 9.86. The highest BCUT2D eigenvalue weighted by molar-refractivity contribution is 7.94. The van der Waals surface area contributed by atoms with Crippen molar-refractivity contribution in [3.63, 3.8) is 0 Å². The first-order valence-corrected chi connectivity index (χ1v) is 22.7. The van der Waals surface area contributed by atoms with Crippen LogP contribution in [-0.2, 0) is 49.5 Å². The number of nitrogens with one attached hydrogen (secondary N) is 2. The van der Waals surface area contributed by atoms with Gasteiger partial charge in [0.1, 0.15) is 17.2 Å². The number of ketones is 1. The fourth-order valence-corrected chi connectivity index (χ4v) is 7.54. The molecule has 352 valence electrons. The van der Waals surface area contributed by atoms with Gasteiger partial charge in [0.25, 0.3) is 5.91 Å². The molecule has 1 aliphatic rings. The summed E-state index contributed by atoms with van der Waals surface area (Å²) in [5.74, 6) is 1.00. The summed E-state index contributed by atoms with van der Waals surface area (Å²) in [6, 6.07) is 19.6. The van der Waals surface area contributed by atoms with Gasteiger partial charge in [0.05, 0.1) is 57.2 Å². The summed E-state index contributed by atoms with van der Waals surface area (Å²) >= 11 is 0.836. The zero-order chi connectivity index (χ0) is 46.8. The number of aliphatic carboxylic acids is 1. The number of fused-ring (bicyclic) bond motifs is 1. The van der Waals surface area contributed by atoms with Crippen LogP contribution in [0.2, 0.25) is 0 Å². The number of amides is 2. The molecule has 4 aromatic rings. The number of carboxylic acids is 1. The highest BCUT2D eigenvalue weighted by Gasteiger charge is 2.22. The van der Waals surface area contributed by atoms with Gasteiger partial charge in [-0.15, -0.1) is 16.0 Å². The Morgan fingerprint density at radius 1 is 0.803 bits per heavy atom. The van der Waals surface area contributed by atoms with Gasteiger partial charge in [-0.05, 0) is 105 Å². The number of benzene rings is 3. The van der Waals surface area contributed by atoms with E-state index in [1.807, 2.05) is 36.4 Å². The molecule has 5 rings (SSSR count). The number of carbonyl (C=O) groups excluding carboxylic acids is 3. The summed E-state index contributed by atoms with van der Waals surface area (Å²) in [4.78, 5) is 53.7. The number of aromatic nitrogens is 1. The molecule has 3 aromatic carbocycles. The number of nitrogens with zero attached hydrogens (tertiary/aromatic N) is 3. The first-order valence-electron chi connectivity index (χ1n) is 22.0. The van der Waals surface area contributed by atoms with Gasteiger partial charge in [0.15, 0.2) is 11.6 Å². The minimum atomic E-state index is -0.929. The Morgan fingerprint density at radius 3 is 2.24 bits per heavy atom. The highest BCUT2D eigenvalue weighted by Crippen LogP contribution is 2.33. The summed E-state index contributed by atoms with van der Waals surface area (Å²) in [7, 11) is 0. The minimum Gasteiger partial charge on any atom is -0.493 e. The monoisotopic (exact) mass is 927 g/mol. The Hall–Kier alpha value is -6.18. The van der Waals surface area contributed by atoms with E-state index >= 15 is 0 Å². The zero-order valence-corrected chi connectivity index (χ0v) is 37.7. The van der Waals surface area contributed by atoms with Gasteiger partial charge >= 0.3 is 5.97 Å². The number of azo groups is 1. The van der Waals surface area contributed by atoms with Gasteiger partial charge in [0, 0.05) is 60.1 Å². The number of pyridine rings is 1. The molecule has 1 aliphatic carbocycles. The predicted molar refractivity (Wildman–Crippen MR) is 245 cm³/mol. The van der Waals surface area contributed by atoms with E-state index in [4.69, 9.17) is 24.2 Å². The Labute approximate surface area is 388 Å². The molecule has 0 saturated heterocycles. The third kappa shape index (κ3) is 17.0. The van der Waals surface area contributed by atoms with Crippen LogP contribution in [0.1, 0.15) is 94.3 Å². The molecule has 0 atom stereocenters. The molecule has 1 aromatic heterocycles. The lowest BCUT2D eigenvalue weighted by Gasteiger charge is -2.21. The lowest BCUT2D eigenvalue weighted by Crippen LogP contribution is -2.30. The van der Waals surface area contributed by atoms with Crippen molar-refractivity contribution in [3.05, 3.63) is 119 Å². The second-order valence-corrected chi connectivity index (χ2v) is 15.8. The van der Waals surface area contributed by atoms with Gasteiger partial charge in [-0.25, -0.2) is 10.2 Å². The molecule has 0 aliphatic heterocycles. The van der Waals surface area contributed by atoms with E-state index in [1.54, 1.807) is 36.4 Å². The Bertz CT molecular complexity index is 2240. The van der Waals surface area contributed by atoms with Crippen LogP contribution in [0, 0.1) is 0 Å². The molecule has 0 spiro atoms. The number of Topliss-reactive ketones (excluding diaryl/α,β-unsaturated/α-hetero) is 1. The number of unbranched alkanes of at least 4 members (excludes halogenated alkanes) is 2. The molecule has 0 unspecified atom stereocenters. The van der Waals surface area contributed by atoms with Gasteiger partial charge in [-0.2, -0.15) is 5.11 Å². The average Bonchev–Trinajstić information content (AvgIpc) is 3.32. The quantitative estimate of drug-likeness (QED) is 0.00929. The third-order valence-electron chi connectivity index (χ3n) is 10.3. The molecule has 0 radical (unpaired) electrons. The van der Waals surface area contributed by atoms with Gasteiger partial charge in [0.2, 0.25) is 5.91 Å². The smallest absolute Gasteiger partial charge is 0.303 e. The first kappa shape index (κ1) is 50.8. The van der Waals surface area contributed by atoms with Crippen molar-refractivity contribution in [2.24, 2.45) is 10.2 Å². The molecular weight excluding hydrogens is 871 g/mol. The van der Waals surface area contributed by atoms with Crippen LogP contribution in [0.5, 0.6) is 17.2 Å². The largest absolute Gasteiger partial charge is 0.493 e. The molecular formula is C48H57N5O12S. The number of allylic oxidation sites excluding steroid dienone is 1. The number of carbonyl (C=O) groups is 4. The Morgan fingerprint density at radius 2 is 1.53 bits per heavy atom. The van der Waals surface area contributed by atoms with Crippen molar-refractivity contribution < 1.29 is 57.9 Å². The van der Waals surface area contributed by atoms with Crippen LogP contribution >= 0.6 is 12.0 Å². The topological polar surface area (TPSA) is 226 Å². The summed E-state index contributed by atoms with van der Waals surface area (Å²) in [5.41, 5.74) is 4.76. The fourth-order valence-electron chi connectivity index (χ4n) is 7.06. The van der Waals surface area contributed by atoms with Crippen LogP contribution < -0.4 is 24.8 Å². The maximum Gasteiger partial charge on any atom is 0.303 e. The van der Waals surface area contributed by atoms with E-state index in [2.05, 4.69) is 41.8 Å². The predicted octanol–water partition coefficient (Wildman–Crippen LogP) is 8.41. The van der Waals surface area contributed by atoms with E-state index in [0.717, 1.165) is 72.2 Å². The second kappa shape index (κ2) is 28.7. The summed E-state index contributed by atoms with van der Waals surface area (Å²) < 4.78 is 28.3. The molecule has 4 N–H and O–H groups in total. The maximum absolute atomic E-state index is 12.5. The van der Waals surface area contributed by atoms with E-state index in [9.17, 15) is 24.3 Å². The maximum atomic E-state index is 12.5. The van der Waals surface area contributed by atoms with Crippen LogP contribution in [-0.4, -0.2) is 85.0 Å². The molecule has 1 heterocycles. The molecule has 0 saturated carbocycles. The van der Waals surface area contributed by atoms with Crippen molar-refractivity contribution in [2.75, 3.05) is 46.1 Å². The van der Waals surface area contributed by atoms with Crippen LogP contribution in [0.25, 0.3) is 0 Å².